The van der Waals surface area contributed by atoms with Gasteiger partial charge in [-0.25, -0.2) is 4.79 Å². The molecule has 1 amide bonds. The van der Waals surface area contributed by atoms with Crippen molar-refractivity contribution in [2.24, 2.45) is 0 Å². The van der Waals surface area contributed by atoms with Crippen molar-refractivity contribution in [1.82, 2.24) is 5.32 Å². The Morgan fingerprint density at radius 3 is 2.74 bits per heavy atom. The van der Waals surface area contributed by atoms with Crippen LogP contribution in [-0.4, -0.2) is 47.7 Å². The molecule has 2 rings (SSSR count). The summed E-state index contributed by atoms with van der Waals surface area (Å²) in [5.41, 5.74) is -1.01. The van der Waals surface area contributed by atoms with E-state index in [1.807, 2.05) is 6.92 Å². The molecule has 1 aromatic carbocycles. The highest BCUT2D eigenvalue weighted by Crippen LogP contribution is 2.37. The predicted molar refractivity (Wildman–Crippen MR) is 88.9 cm³/mol. The van der Waals surface area contributed by atoms with Crippen LogP contribution in [0.4, 0.5) is 0 Å². The zero-order chi connectivity index (χ0) is 17.0. The average molecular weight is 360 g/mol. The molecule has 0 bridgehead atoms. The Balaban J connectivity index is 2.29. The number of aliphatic carboxylic acids is 1. The third-order valence-electron chi connectivity index (χ3n) is 3.56. The quantitative estimate of drug-likeness (QED) is 0.811. The summed E-state index contributed by atoms with van der Waals surface area (Å²) in [4.78, 5) is 24.0. The molecule has 1 aromatic rings. The fourth-order valence-electron chi connectivity index (χ4n) is 2.31. The van der Waals surface area contributed by atoms with E-state index in [1.54, 1.807) is 0 Å². The van der Waals surface area contributed by atoms with Gasteiger partial charge in [-0.15, -0.1) is 0 Å². The maximum atomic E-state index is 12.5. The minimum atomic E-state index is -1.24. The summed E-state index contributed by atoms with van der Waals surface area (Å²) in [6, 6.07) is 2.94. The van der Waals surface area contributed by atoms with Gasteiger partial charge in [0.2, 0.25) is 0 Å². The van der Waals surface area contributed by atoms with Crippen LogP contribution in [0.25, 0.3) is 0 Å². The van der Waals surface area contributed by atoms with Crippen LogP contribution >= 0.6 is 23.4 Å². The van der Waals surface area contributed by atoms with Crippen molar-refractivity contribution in [2.75, 3.05) is 25.2 Å². The molecule has 0 aliphatic carbocycles. The highest BCUT2D eigenvalue weighted by molar-refractivity contribution is 7.99. The van der Waals surface area contributed by atoms with Gasteiger partial charge >= 0.3 is 5.97 Å². The SMILES string of the molecule is CCOc1c(Cl)cc(C(=O)NC2(C(=O)O)CCSC2)cc1OC. The van der Waals surface area contributed by atoms with Gasteiger partial charge in [0.05, 0.1) is 18.7 Å². The van der Waals surface area contributed by atoms with E-state index in [1.165, 1.54) is 31.0 Å². The summed E-state index contributed by atoms with van der Waals surface area (Å²) >= 11 is 7.64. The molecule has 2 N–H and O–H groups in total. The van der Waals surface area contributed by atoms with Gasteiger partial charge in [-0.05, 0) is 31.2 Å². The smallest absolute Gasteiger partial charge is 0.330 e. The number of halogens is 1. The van der Waals surface area contributed by atoms with Gasteiger partial charge in [0, 0.05) is 11.3 Å². The van der Waals surface area contributed by atoms with Crippen LogP contribution in [0.1, 0.15) is 23.7 Å². The Morgan fingerprint density at radius 2 is 2.22 bits per heavy atom. The van der Waals surface area contributed by atoms with Crippen molar-refractivity contribution in [1.29, 1.82) is 0 Å². The zero-order valence-electron chi connectivity index (χ0n) is 12.8. The molecule has 1 saturated heterocycles. The van der Waals surface area contributed by atoms with Crippen LogP contribution in [0.5, 0.6) is 11.5 Å². The second kappa shape index (κ2) is 7.31. The van der Waals surface area contributed by atoms with Crippen LogP contribution in [0.15, 0.2) is 12.1 Å². The second-order valence-corrected chi connectivity index (χ2v) is 6.58. The first kappa shape index (κ1) is 17.7. The molecule has 1 aliphatic rings. The van der Waals surface area contributed by atoms with Gasteiger partial charge in [-0.2, -0.15) is 11.8 Å². The van der Waals surface area contributed by atoms with Gasteiger partial charge in [-0.1, -0.05) is 11.6 Å². The van der Waals surface area contributed by atoms with Gasteiger partial charge in [0.25, 0.3) is 5.91 Å². The monoisotopic (exact) mass is 359 g/mol. The molecule has 6 nitrogen and oxygen atoms in total. The Morgan fingerprint density at radius 1 is 1.48 bits per heavy atom. The fourth-order valence-corrected chi connectivity index (χ4v) is 3.90. The van der Waals surface area contributed by atoms with Crippen molar-refractivity contribution in [3.05, 3.63) is 22.7 Å². The van der Waals surface area contributed by atoms with E-state index >= 15 is 0 Å². The second-order valence-electron chi connectivity index (χ2n) is 5.07. The minimum absolute atomic E-state index is 0.229. The summed E-state index contributed by atoms with van der Waals surface area (Å²) in [7, 11) is 1.45. The highest BCUT2D eigenvalue weighted by atomic mass is 35.5. The van der Waals surface area contributed by atoms with E-state index in [4.69, 9.17) is 21.1 Å². The van der Waals surface area contributed by atoms with Gasteiger partial charge in [0.1, 0.15) is 5.54 Å². The number of methoxy groups -OCH3 is 1. The fraction of sp³-hybridized carbons (Fsp3) is 0.467. The highest BCUT2D eigenvalue weighted by Gasteiger charge is 2.43. The van der Waals surface area contributed by atoms with Crippen LogP contribution in [0.3, 0.4) is 0 Å². The lowest BCUT2D eigenvalue weighted by molar-refractivity contribution is -0.143. The third kappa shape index (κ3) is 3.67. The van der Waals surface area contributed by atoms with Crippen LogP contribution in [-0.2, 0) is 4.79 Å². The number of nitrogens with one attached hydrogen (secondary N) is 1. The minimum Gasteiger partial charge on any atom is -0.493 e. The number of carbonyl (C=O) groups excluding carboxylic acids is 1. The van der Waals surface area contributed by atoms with Crippen LogP contribution in [0, 0.1) is 0 Å². The van der Waals surface area contributed by atoms with Crippen molar-refractivity contribution in [3.63, 3.8) is 0 Å². The molecule has 0 spiro atoms. The van der Waals surface area contributed by atoms with E-state index in [0.717, 1.165) is 0 Å². The molecule has 23 heavy (non-hydrogen) atoms. The summed E-state index contributed by atoms with van der Waals surface area (Å²) in [6.45, 7) is 2.21. The number of carboxylic acids is 1. The molecule has 1 atom stereocenters. The number of thioether (sulfide) groups is 1. The average Bonchev–Trinajstić information content (AvgIpc) is 2.99. The predicted octanol–water partition coefficient (Wildman–Crippen LogP) is 2.44. The van der Waals surface area contributed by atoms with Crippen molar-refractivity contribution >= 4 is 35.2 Å². The maximum absolute atomic E-state index is 12.5. The Bertz CT molecular complexity index is 616. The first-order valence-electron chi connectivity index (χ1n) is 7.07. The Labute approximate surface area is 143 Å². The molecule has 0 radical (unpaired) electrons. The lowest BCUT2D eigenvalue weighted by Gasteiger charge is -2.24. The number of carbonyl (C=O) groups is 2. The van der Waals surface area contributed by atoms with Crippen LogP contribution in [0.2, 0.25) is 5.02 Å². The molecule has 1 aliphatic heterocycles. The van der Waals surface area contributed by atoms with E-state index in [0.29, 0.717) is 36.0 Å². The number of benzene rings is 1. The van der Waals surface area contributed by atoms with Crippen molar-refractivity contribution in [2.45, 2.75) is 18.9 Å². The van der Waals surface area contributed by atoms with Gasteiger partial charge in [-0.3, -0.25) is 4.79 Å². The van der Waals surface area contributed by atoms with E-state index in [9.17, 15) is 14.7 Å². The standard InChI is InChI=1S/C15H18ClNO5S/c1-3-22-12-10(16)6-9(7-11(12)21-2)13(18)17-15(14(19)20)4-5-23-8-15/h6-7H,3-5,8H2,1-2H3,(H,17,18)(H,19,20). The number of hydrogen-bond donors (Lipinski definition) is 2. The normalized spacial score (nSPS) is 20.1. The van der Waals surface area contributed by atoms with Gasteiger partial charge < -0.3 is 19.9 Å². The molecule has 1 heterocycles. The number of rotatable bonds is 6. The molecule has 1 fully saturated rings. The van der Waals surface area contributed by atoms with E-state index in [2.05, 4.69) is 5.32 Å². The first-order chi connectivity index (χ1) is 10.9. The number of hydrogen-bond acceptors (Lipinski definition) is 5. The first-order valence-corrected chi connectivity index (χ1v) is 8.60. The maximum Gasteiger partial charge on any atom is 0.330 e. The van der Waals surface area contributed by atoms with Gasteiger partial charge in [0.15, 0.2) is 11.5 Å². The summed E-state index contributed by atoms with van der Waals surface area (Å²) in [5.74, 6) is 0.195. The van der Waals surface area contributed by atoms with E-state index < -0.39 is 17.4 Å². The lowest BCUT2D eigenvalue weighted by atomic mass is 9.98. The molecule has 0 aromatic heterocycles. The molecule has 1 unspecified atom stereocenters. The number of carboxylic acid groups (broad SMARTS) is 1. The van der Waals surface area contributed by atoms with Crippen LogP contribution < -0.4 is 14.8 Å². The number of amides is 1. The topological polar surface area (TPSA) is 84.9 Å². The number of ether oxygens (including phenoxy) is 2. The van der Waals surface area contributed by atoms with E-state index in [-0.39, 0.29) is 10.6 Å². The largest absolute Gasteiger partial charge is 0.493 e. The summed E-state index contributed by atoms with van der Waals surface area (Å²) < 4.78 is 10.6. The third-order valence-corrected chi connectivity index (χ3v) is 5.03. The molecular weight excluding hydrogens is 342 g/mol. The molecule has 126 valence electrons. The Kier molecular flexibility index (Phi) is 5.64. The molecule has 8 heteroatoms. The lowest BCUT2D eigenvalue weighted by Crippen LogP contribution is -2.54. The zero-order valence-corrected chi connectivity index (χ0v) is 14.4. The van der Waals surface area contributed by atoms with Crippen molar-refractivity contribution in [3.8, 4) is 11.5 Å². The summed E-state index contributed by atoms with van der Waals surface area (Å²) in [6.07, 6.45) is 0.390. The van der Waals surface area contributed by atoms with Crippen molar-refractivity contribution < 1.29 is 24.2 Å². The Hall–Kier alpha value is -1.60. The molecule has 0 saturated carbocycles. The summed E-state index contributed by atoms with van der Waals surface area (Å²) in [5, 5.41) is 12.3. The molecular formula is C15H18ClNO5S.